The molecule has 15 heavy (non-hydrogen) atoms. The maximum absolute atomic E-state index is 4.08. The first-order chi connectivity index (χ1) is 7.15. The predicted molar refractivity (Wildman–Crippen MR) is 73.1 cm³/mol. The average Bonchev–Trinajstić information content (AvgIpc) is 2.23. The second kappa shape index (κ2) is 8.66. The Balaban J connectivity index is 4.03. The Hall–Kier alpha value is -0.630. The van der Waals surface area contributed by atoms with Gasteiger partial charge in [0.1, 0.15) is 0 Å². The average molecular weight is 225 g/mol. The van der Waals surface area contributed by atoms with E-state index in [0.717, 1.165) is 37.3 Å². The number of rotatable bonds is 9. The number of thioether (sulfide) groups is 1. The molecule has 0 aromatic carbocycles. The van der Waals surface area contributed by atoms with E-state index in [1.165, 1.54) is 5.57 Å². The van der Waals surface area contributed by atoms with Crippen LogP contribution in [-0.4, -0.2) is 23.5 Å². The molecule has 0 aliphatic rings. The summed E-state index contributed by atoms with van der Waals surface area (Å²) in [6.07, 6.45) is 7.20. The molecule has 0 radical (unpaired) electrons. The molecule has 0 bridgehead atoms. The van der Waals surface area contributed by atoms with Gasteiger partial charge in [-0.2, -0.15) is 11.8 Å². The highest BCUT2D eigenvalue weighted by molar-refractivity contribution is 7.98. The van der Waals surface area contributed by atoms with Gasteiger partial charge in [-0.15, -0.1) is 0 Å². The van der Waals surface area contributed by atoms with Gasteiger partial charge in [-0.3, -0.25) is 0 Å². The molecule has 0 amide bonds. The van der Waals surface area contributed by atoms with E-state index in [4.69, 9.17) is 0 Å². The Morgan fingerprint density at radius 2 is 2.00 bits per heavy atom. The lowest BCUT2D eigenvalue weighted by atomic mass is 10.2. The SMILES string of the molecule is C=CN(CC(=C)CCSC)C(=C)CCC. The van der Waals surface area contributed by atoms with E-state index >= 15 is 0 Å². The van der Waals surface area contributed by atoms with Gasteiger partial charge in [-0.05, 0) is 31.1 Å². The smallest absolute Gasteiger partial charge is 0.0429 e. The second-order valence-electron chi connectivity index (χ2n) is 3.62. The summed E-state index contributed by atoms with van der Waals surface area (Å²) in [4.78, 5) is 2.10. The molecular weight excluding hydrogens is 202 g/mol. The third-order valence-electron chi connectivity index (χ3n) is 2.22. The van der Waals surface area contributed by atoms with Crippen molar-refractivity contribution >= 4 is 11.8 Å². The summed E-state index contributed by atoms with van der Waals surface area (Å²) in [5.74, 6) is 1.14. The maximum atomic E-state index is 4.08. The van der Waals surface area contributed by atoms with Crippen LogP contribution in [0.15, 0.2) is 37.2 Å². The van der Waals surface area contributed by atoms with E-state index in [1.807, 2.05) is 18.0 Å². The van der Waals surface area contributed by atoms with Gasteiger partial charge in [0.2, 0.25) is 0 Å². The number of hydrogen-bond donors (Lipinski definition) is 0. The van der Waals surface area contributed by atoms with E-state index in [2.05, 4.69) is 37.8 Å². The zero-order valence-electron chi connectivity index (χ0n) is 10.1. The molecule has 0 aliphatic carbocycles. The van der Waals surface area contributed by atoms with Crippen LogP contribution in [0.1, 0.15) is 26.2 Å². The molecule has 0 aliphatic heterocycles. The molecule has 0 fully saturated rings. The largest absolute Gasteiger partial charge is 0.349 e. The normalized spacial score (nSPS) is 9.73. The van der Waals surface area contributed by atoms with E-state index in [9.17, 15) is 0 Å². The zero-order valence-corrected chi connectivity index (χ0v) is 10.9. The van der Waals surface area contributed by atoms with Crippen molar-refractivity contribution in [2.45, 2.75) is 26.2 Å². The second-order valence-corrected chi connectivity index (χ2v) is 4.61. The van der Waals surface area contributed by atoms with E-state index < -0.39 is 0 Å². The fraction of sp³-hybridized carbons (Fsp3) is 0.538. The topological polar surface area (TPSA) is 3.24 Å². The van der Waals surface area contributed by atoms with Crippen molar-refractivity contribution in [1.82, 2.24) is 4.90 Å². The molecule has 0 spiro atoms. The van der Waals surface area contributed by atoms with Gasteiger partial charge >= 0.3 is 0 Å². The summed E-state index contributed by atoms with van der Waals surface area (Å²) >= 11 is 1.86. The quantitative estimate of drug-likeness (QED) is 0.545. The third-order valence-corrected chi connectivity index (χ3v) is 2.83. The van der Waals surface area contributed by atoms with Gasteiger partial charge < -0.3 is 4.90 Å². The summed E-state index contributed by atoms with van der Waals surface area (Å²) in [7, 11) is 0. The predicted octanol–water partition coefficient (Wildman–Crippen LogP) is 4.06. The van der Waals surface area contributed by atoms with Crippen LogP contribution in [-0.2, 0) is 0 Å². The summed E-state index contributed by atoms with van der Waals surface area (Å²) in [5, 5.41) is 0. The van der Waals surface area contributed by atoms with Gasteiger partial charge in [0.15, 0.2) is 0 Å². The van der Waals surface area contributed by atoms with Gasteiger partial charge in [-0.25, -0.2) is 0 Å². The summed E-state index contributed by atoms with van der Waals surface area (Å²) in [6, 6.07) is 0. The first-order valence-corrected chi connectivity index (χ1v) is 6.77. The lowest BCUT2D eigenvalue weighted by Crippen LogP contribution is -2.18. The lowest BCUT2D eigenvalue weighted by molar-refractivity contribution is 0.478. The van der Waals surface area contributed by atoms with Crippen LogP contribution in [0, 0.1) is 0 Å². The van der Waals surface area contributed by atoms with Crippen LogP contribution in [0.4, 0.5) is 0 Å². The van der Waals surface area contributed by atoms with Crippen molar-refractivity contribution in [2.24, 2.45) is 0 Å². The molecule has 0 heterocycles. The van der Waals surface area contributed by atoms with Crippen molar-refractivity contribution in [3.05, 3.63) is 37.2 Å². The molecule has 1 nitrogen and oxygen atoms in total. The highest BCUT2D eigenvalue weighted by Gasteiger charge is 2.04. The minimum Gasteiger partial charge on any atom is -0.349 e. The van der Waals surface area contributed by atoms with Gasteiger partial charge in [0, 0.05) is 12.2 Å². The van der Waals surface area contributed by atoms with Crippen LogP contribution in [0.2, 0.25) is 0 Å². The minimum atomic E-state index is 0.864. The fourth-order valence-corrected chi connectivity index (χ4v) is 1.80. The van der Waals surface area contributed by atoms with Gasteiger partial charge in [0.25, 0.3) is 0 Å². The lowest BCUT2D eigenvalue weighted by Gasteiger charge is -2.23. The molecule has 0 rings (SSSR count). The van der Waals surface area contributed by atoms with Crippen LogP contribution in [0.5, 0.6) is 0 Å². The highest BCUT2D eigenvalue weighted by Crippen LogP contribution is 2.13. The van der Waals surface area contributed by atoms with Crippen LogP contribution < -0.4 is 0 Å². The summed E-state index contributed by atoms with van der Waals surface area (Å²) in [5.41, 5.74) is 2.39. The molecule has 0 N–H and O–H groups in total. The molecule has 0 atom stereocenters. The standard InChI is InChI=1S/C13H23NS/c1-6-8-13(4)14(7-2)11-12(3)9-10-15-5/h7H,2-4,6,8-11H2,1,5H3. The minimum absolute atomic E-state index is 0.864. The fourth-order valence-electron chi connectivity index (χ4n) is 1.30. The molecule has 0 saturated carbocycles. The zero-order chi connectivity index (χ0) is 11.7. The Labute approximate surface area is 98.9 Å². The maximum Gasteiger partial charge on any atom is 0.0429 e. The molecule has 0 aromatic heterocycles. The van der Waals surface area contributed by atoms with Crippen molar-refractivity contribution in [3.8, 4) is 0 Å². The van der Waals surface area contributed by atoms with Crippen LogP contribution >= 0.6 is 11.8 Å². The molecular formula is C13H23NS. The Morgan fingerprint density at radius 1 is 1.33 bits per heavy atom. The van der Waals surface area contributed by atoms with Crippen LogP contribution in [0.3, 0.4) is 0 Å². The first-order valence-electron chi connectivity index (χ1n) is 5.38. The summed E-state index contributed by atoms with van der Waals surface area (Å²) in [6.45, 7) is 15.0. The molecule has 0 aromatic rings. The molecule has 0 unspecified atom stereocenters. The van der Waals surface area contributed by atoms with Gasteiger partial charge in [0.05, 0.1) is 0 Å². The molecule has 0 saturated heterocycles. The number of allylic oxidation sites excluding steroid dienone is 1. The van der Waals surface area contributed by atoms with Crippen molar-refractivity contribution in [1.29, 1.82) is 0 Å². The van der Waals surface area contributed by atoms with Crippen molar-refractivity contribution < 1.29 is 0 Å². The van der Waals surface area contributed by atoms with Crippen molar-refractivity contribution in [2.75, 3.05) is 18.6 Å². The van der Waals surface area contributed by atoms with E-state index in [1.54, 1.807) is 0 Å². The van der Waals surface area contributed by atoms with E-state index in [-0.39, 0.29) is 0 Å². The third kappa shape index (κ3) is 6.45. The highest BCUT2D eigenvalue weighted by atomic mass is 32.2. The summed E-state index contributed by atoms with van der Waals surface area (Å²) < 4.78 is 0. The Kier molecular flexibility index (Phi) is 8.30. The monoisotopic (exact) mass is 225 g/mol. The Morgan fingerprint density at radius 3 is 2.47 bits per heavy atom. The van der Waals surface area contributed by atoms with Crippen LogP contribution in [0.25, 0.3) is 0 Å². The number of nitrogens with zero attached hydrogens (tertiary/aromatic N) is 1. The molecule has 2 heteroatoms. The number of hydrogen-bond acceptors (Lipinski definition) is 2. The molecule has 86 valence electrons. The first kappa shape index (κ1) is 14.4. The Bertz CT molecular complexity index is 221. The van der Waals surface area contributed by atoms with Crippen molar-refractivity contribution in [3.63, 3.8) is 0 Å². The van der Waals surface area contributed by atoms with E-state index in [0.29, 0.717) is 0 Å². The van der Waals surface area contributed by atoms with Gasteiger partial charge in [-0.1, -0.05) is 38.7 Å².